The highest BCUT2D eigenvalue weighted by Gasteiger charge is 2.14. The van der Waals surface area contributed by atoms with Crippen LogP contribution in [0, 0.1) is 0 Å². The van der Waals surface area contributed by atoms with Gasteiger partial charge in [-0.3, -0.25) is 0 Å². The molecule has 0 saturated carbocycles. The first-order chi connectivity index (χ1) is 9.74. The van der Waals surface area contributed by atoms with Gasteiger partial charge in [0.05, 0.1) is 5.56 Å². The highest BCUT2D eigenvalue weighted by Crippen LogP contribution is 2.24. The molecule has 0 spiro atoms. The summed E-state index contributed by atoms with van der Waals surface area (Å²) in [7, 11) is 0. The number of fused-ring (bicyclic) bond motifs is 1. The van der Waals surface area contributed by atoms with Crippen LogP contribution in [0.25, 0.3) is 0 Å². The van der Waals surface area contributed by atoms with Gasteiger partial charge in [-0.25, -0.2) is 4.79 Å². The third kappa shape index (κ3) is 2.52. The molecule has 0 radical (unpaired) electrons. The maximum atomic E-state index is 10.9. The maximum Gasteiger partial charge on any atom is 0.335 e. The second kappa shape index (κ2) is 5.37. The molecular weight excluding hydrogens is 250 g/mol. The summed E-state index contributed by atoms with van der Waals surface area (Å²) in [5, 5.41) is 8.95. The first kappa shape index (κ1) is 12.7. The fourth-order valence-corrected chi connectivity index (χ4v) is 2.74. The van der Waals surface area contributed by atoms with E-state index in [4.69, 9.17) is 5.11 Å². The first-order valence-corrected chi connectivity index (χ1v) is 6.89. The Morgan fingerprint density at radius 3 is 2.40 bits per heavy atom. The Morgan fingerprint density at radius 1 is 1.00 bits per heavy atom. The van der Waals surface area contributed by atoms with Crippen molar-refractivity contribution >= 4 is 11.7 Å². The molecular formula is C17H17NO2. The number of aromatic carboxylic acids is 1. The number of carbonyl (C=O) groups is 1. The molecule has 1 N–H and O–H groups in total. The third-order valence-electron chi connectivity index (χ3n) is 3.83. The SMILES string of the molecule is O=C(O)c1ccc(N2CCCc3ccccc3C2)cc1. The van der Waals surface area contributed by atoms with Gasteiger partial charge in [-0.05, 0) is 48.2 Å². The van der Waals surface area contributed by atoms with Gasteiger partial charge in [0.1, 0.15) is 0 Å². The van der Waals surface area contributed by atoms with E-state index >= 15 is 0 Å². The van der Waals surface area contributed by atoms with Crippen molar-refractivity contribution in [3.63, 3.8) is 0 Å². The van der Waals surface area contributed by atoms with Crippen LogP contribution in [0.4, 0.5) is 5.69 Å². The average molecular weight is 267 g/mol. The second-order valence-electron chi connectivity index (χ2n) is 5.15. The Hall–Kier alpha value is -2.29. The number of hydrogen-bond donors (Lipinski definition) is 1. The molecule has 0 amide bonds. The van der Waals surface area contributed by atoms with Crippen LogP contribution in [0.3, 0.4) is 0 Å². The smallest absolute Gasteiger partial charge is 0.335 e. The van der Waals surface area contributed by atoms with Crippen LogP contribution < -0.4 is 4.90 Å². The molecule has 0 bridgehead atoms. The van der Waals surface area contributed by atoms with E-state index in [0.717, 1.165) is 31.6 Å². The normalized spacial score (nSPS) is 14.5. The molecule has 0 aliphatic carbocycles. The average Bonchev–Trinajstić information content (AvgIpc) is 2.69. The highest BCUT2D eigenvalue weighted by molar-refractivity contribution is 5.88. The molecule has 0 unspecified atom stereocenters. The van der Waals surface area contributed by atoms with E-state index in [2.05, 4.69) is 29.2 Å². The standard InChI is InChI=1S/C17H17NO2/c19-17(20)14-7-9-16(10-8-14)18-11-3-6-13-4-1-2-5-15(13)12-18/h1-2,4-5,7-10H,3,6,11-12H2,(H,19,20). The van der Waals surface area contributed by atoms with Crippen LogP contribution in [0.5, 0.6) is 0 Å². The number of carboxylic acids is 1. The molecule has 20 heavy (non-hydrogen) atoms. The lowest BCUT2D eigenvalue weighted by Gasteiger charge is -2.23. The summed E-state index contributed by atoms with van der Waals surface area (Å²) in [6.07, 6.45) is 2.23. The first-order valence-electron chi connectivity index (χ1n) is 6.89. The van der Waals surface area contributed by atoms with Crippen molar-refractivity contribution in [3.05, 3.63) is 65.2 Å². The van der Waals surface area contributed by atoms with Crippen molar-refractivity contribution in [3.8, 4) is 0 Å². The Kier molecular flexibility index (Phi) is 3.42. The number of rotatable bonds is 2. The van der Waals surface area contributed by atoms with Crippen molar-refractivity contribution in [1.29, 1.82) is 0 Å². The molecule has 3 nitrogen and oxygen atoms in total. The fraction of sp³-hybridized carbons (Fsp3) is 0.235. The fourth-order valence-electron chi connectivity index (χ4n) is 2.74. The number of benzene rings is 2. The van der Waals surface area contributed by atoms with Gasteiger partial charge in [-0.1, -0.05) is 24.3 Å². The van der Waals surface area contributed by atoms with Gasteiger partial charge in [0.2, 0.25) is 0 Å². The predicted octanol–water partition coefficient (Wildman–Crippen LogP) is 3.34. The summed E-state index contributed by atoms with van der Waals surface area (Å²) in [6.45, 7) is 1.89. The van der Waals surface area contributed by atoms with Crippen molar-refractivity contribution in [2.75, 3.05) is 11.4 Å². The predicted molar refractivity (Wildman–Crippen MR) is 79.2 cm³/mol. The Balaban J connectivity index is 1.85. The molecule has 1 heterocycles. The minimum absolute atomic E-state index is 0.337. The van der Waals surface area contributed by atoms with Crippen LogP contribution >= 0.6 is 0 Å². The number of nitrogens with zero attached hydrogens (tertiary/aromatic N) is 1. The topological polar surface area (TPSA) is 40.5 Å². The summed E-state index contributed by atoms with van der Waals surface area (Å²) in [5.41, 5.74) is 4.22. The molecule has 0 atom stereocenters. The quantitative estimate of drug-likeness (QED) is 0.907. The zero-order valence-electron chi connectivity index (χ0n) is 11.2. The molecule has 1 aliphatic heterocycles. The van der Waals surface area contributed by atoms with E-state index in [1.807, 2.05) is 12.1 Å². The largest absolute Gasteiger partial charge is 0.478 e. The monoisotopic (exact) mass is 267 g/mol. The van der Waals surface area contributed by atoms with Crippen LogP contribution in [-0.4, -0.2) is 17.6 Å². The molecule has 2 aromatic carbocycles. The van der Waals surface area contributed by atoms with Gasteiger partial charge in [0.15, 0.2) is 0 Å². The van der Waals surface area contributed by atoms with Crippen LogP contribution in [0.15, 0.2) is 48.5 Å². The number of carboxylic acid groups (broad SMARTS) is 1. The molecule has 3 heteroatoms. The zero-order chi connectivity index (χ0) is 13.9. The number of aryl methyl sites for hydroxylation is 1. The minimum Gasteiger partial charge on any atom is -0.478 e. The lowest BCUT2D eigenvalue weighted by atomic mass is 10.0. The van der Waals surface area contributed by atoms with E-state index in [1.165, 1.54) is 11.1 Å². The van der Waals surface area contributed by atoms with Gasteiger partial charge in [0.25, 0.3) is 0 Å². The Labute approximate surface area is 118 Å². The second-order valence-corrected chi connectivity index (χ2v) is 5.15. The molecule has 2 aromatic rings. The molecule has 1 aliphatic rings. The van der Waals surface area contributed by atoms with Crippen LogP contribution in [-0.2, 0) is 13.0 Å². The number of hydrogen-bond acceptors (Lipinski definition) is 2. The minimum atomic E-state index is -0.877. The summed E-state index contributed by atoms with van der Waals surface area (Å²) < 4.78 is 0. The van der Waals surface area contributed by atoms with Gasteiger partial charge >= 0.3 is 5.97 Å². The summed E-state index contributed by atoms with van der Waals surface area (Å²) in [5.74, 6) is -0.877. The molecule has 0 saturated heterocycles. The molecule has 0 aromatic heterocycles. The summed E-state index contributed by atoms with van der Waals surface area (Å²) in [6, 6.07) is 15.7. The number of anilines is 1. The Bertz CT molecular complexity index is 619. The van der Waals surface area contributed by atoms with E-state index in [1.54, 1.807) is 12.1 Å². The molecule has 0 fully saturated rings. The van der Waals surface area contributed by atoms with E-state index < -0.39 is 5.97 Å². The maximum absolute atomic E-state index is 10.9. The van der Waals surface area contributed by atoms with Crippen molar-refractivity contribution in [2.45, 2.75) is 19.4 Å². The lowest BCUT2D eigenvalue weighted by Crippen LogP contribution is -2.22. The van der Waals surface area contributed by atoms with Crippen molar-refractivity contribution in [1.82, 2.24) is 0 Å². The van der Waals surface area contributed by atoms with Crippen molar-refractivity contribution in [2.24, 2.45) is 0 Å². The summed E-state index contributed by atoms with van der Waals surface area (Å²) >= 11 is 0. The lowest BCUT2D eigenvalue weighted by molar-refractivity contribution is 0.0697. The van der Waals surface area contributed by atoms with Crippen molar-refractivity contribution < 1.29 is 9.90 Å². The molecule has 3 rings (SSSR count). The zero-order valence-corrected chi connectivity index (χ0v) is 11.2. The van der Waals surface area contributed by atoms with E-state index in [-0.39, 0.29) is 0 Å². The van der Waals surface area contributed by atoms with Gasteiger partial charge < -0.3 is 10.0 Å². The highest BCUT2D eigenvalue weighted by atomic mass is 16.4. The van der Waals surface area contributed by atoms with Crippen LogP contribution in [0.1, 0.15) is 27.9 Å². The van der Waals surface area contributed by atoms with Crippen LogP contribution in [0.2, 0.25) is 0 Å². The third-order valence-corrected chi connectivity index (χ3v) is 3.83. The van der Waals surface area contributed by atoms with Gasteiger partial charge in [-0.15, -0.1) is 0 Å². The van der Waals surface area contributed by atoms with Gasteiger partial charge in [0, 0.05) is 18.8 Å². The van der Waals surface area contributed by atoms with Gasteiger partial charge in [-0.2, -0.15) is 0 Å². The van der Waals surface area contributed by atoms with E-state index in [9.17, 15) is 4.79 Å². The summed E-state index contributed by atoms with van der Waals surface area (Å²) in [4.78, 5) is 13.2. The Morgan fingerprint density at radius 2 is 1.70 bits per heavy atom. The van der Waals surface area contributed by atoms with E-state index in [0.29, 0.717) is 5.56 Å². The molecule has 102 valence electrons.